The molecule has 0 unspecified atom stereocenters. The fourth-order valence-electron chi connectivity index (χ4n) is 1.43. The predicted octanol–water partition coefficient (Wildman–Crippen LogP) is 0.555. The van der Waals surface area contributed by atoms with E-state index in [4.69, 9.17) is 9.63 Å². The Bertz CT molecular complexity index is 721. The minimum atomic E-state index is -3.76. The molecule has 0 aliphatic rings. The van der Waals surface area contributed by atoms with Gasteiger partial charge in [-0.05, 0) is 24.3 Å². The summed E-state index contributed by atoms with van der Waals surface area (Å²) >= 11 is 0. The highest BCUT2D eigenvalue weighted by molar-refractivity contribution is 7.89. The number of nitrogens with one attached hydrogen (secondary N) is 1. The molecule has 0 aliphatic heterocycles. The fourth-order valence-corrected chi connectivity index (χ4v) is 2.41. The number of aromatic carboxylic acids is 1. The molecule has 1 aromatic carbocycles. The second kappa shape index (κ2) is 5.39. The number of nitrogens with zero attached hydrogens (tertiary/aromatic N) is 2. The van der Waals surface area contributed by atoms with E-state index in [1.807, 2.05) is 0 Å². The number of hydrogen-bond acceptors (Lipinski definition) is 6. The molecule has 106 valence electrons. The molecule has 8 nitrogen and oxygen atoms in total. The molecule has 0 amide bonds. The second-order valence-corrected chi connectivity index (χ2v) is 5.65. The first-order chi connectivity index (χ1) is 9.38. The Morgan fingerprint density at radius 2 is 2.00 bits per heavy atom. The average molecular weight is 297 g/mol. The SMILES string of the molecule is Cc1nc(CNS(=O)(=O)c2ccc(C(=O)O)cc2)no1. The number of aromatic nitrogens is 2. The summed E-state index contributed by atoms with van der Waals surface area (Å²) in [5, 5.41) is 12.3. The molecule has 2 aromatic rings. The van der Waals surface area contributed by atoms with Crippen LogP contribution in [0.2, 0.25) is 0 Å². The van der Waals surface area contributed by atoms with Gasteiger partial charge in [0.25, 0.3) is 0 Å². The summed E-state index contributed by atoms with van der Waals surface area (Å²) in [5.41, 5.74) is 0.0118. The molecule has 0 atom stereocenters. The third kappa shape index (κ3) is 3.19. The maximum absolute atomic E-state index is 11.9. The zero-order chi connectivity index (χ0) is 14.8. The standard InChI is InChI=1S/C11H11N3O5S/c1-7-13-10(14-19-7)6-12-20(17,18)9-4-2-8(3-5-9)11(15)16/h2-5,12H,6H2,1H3,(H,15,16). The van der Waals surface area contributed by atoms with Crippen LogP contribution in [-0.4, -0.2) is 29.6 Å². The number of carboxylic acid groups (broad SMARTS) is 1. The molecule has 20 heavy (non-hydrogen) atoms. The molecule has 0 saturated heterocycles. The molecule has 0 spiro atoms. The zero-order valence-electron chi connectivity index (χ0n) is 10.4. The van der Waals surface area contributed by atoms with E-state index in [1.165, 1.54) is 24.3 Å². The Kier molecular flexibility index (Phi) is 3.81. The lowest BCUT2D eigenvalue weighted by molar-refractivity contribution is 0.0696. The third-order valence-corrected chi connectivity index (χ3v) is 3.82. The van der Waals surface area contributed by atoms with Crippen LogP contribution in [0, 0.1) is 6.92 Å². The number of carbonyl (C=O) groups is 1. The van der Waals surface area contributed by atoms with Crippen LogP contribution in [0.4, 0.5) is 0 Å². The Morgan fingerprint density at radius 1 is 1.35 bits per heavy atom. The molecule has 0 fully saturated rings. The van der Waals surface area contributed by atoms with Crippen molar-refractivity contribution in [3.63, 3.8) is 0 Å². The number of aryl methyl sites for hydroxylation is 1. The van der Waals surface area contributed by atoms with E-state index in [0.717, 1.165) is 0 Å². The van der Waals surface area contributed by atoms with Gasteiger partial charge in [-0.15, -0.1) is 0 Å². The summed E-state index contributed by atoms with van der Waals surface area (Å²) in [7, 11) is -3.76. The molecule has 0 bridgehead atoms. The maximum Gasteiger partial charge on any atom is 0.335 e. The topological polar surface area (TPSA) is 122 Å². The van der Waals surface area contributed by atoms with E-state index in [-0.39, 0.29) is 22.8 Å². The lowest BCUT2D eigenvalue weighted by Gasteiger charge is -2.04. The predicted molar refractivity (Wildman–Crippen MR) is 66.5 cm³/mol. The van der Waals surface area contributed by atoms with Crippen LogP contribution in [0.5, 0.6) is 0 Å². The number of benzene rings is 1. The summed E-state index contributed by atoms with van der Waals surface area (Å²) in [6.45, 7) is 1.48. The van der Waals surface area contributed by atoms with Crippen molar-refractivity contribution in [2.75, 3.05) is 0 Å². The van der Waals surface area contributed by atoms with Crippen LogP contribution in [-0.2, 0) is 16.6 Å². The quantitative estimate of drug-likeness (QED) is 0.826. The summed E-state index contributed by atoms with van der Waals surface area (Å²) in [6, 6.07) is 4.87. The van der Waals surface area contributed by atoms with Crippen molar-refractivity contribution >= 4 is 16.0 Å². The molecule has 1 aromatic heterocycles. The Balaban J connectivity index is 2.11. The highest BCUT2D eigenvalue weighted by Gasteiger charge is 2.15. The van der Waals surface area contributed by atoms with Crippen molar-refractivity contribution in [3.8, 4) is 0 Å². The van der Waals surface area contributed by atoms with Gasteiger partial charge in [0.2, 0.25) is 15.9 Å². The van der Waals surface area contributed by atoms with Gasteiger partial charge in [-0.25, -0.2) is 17.9 Å². The molecular weight excluding hydrogens is 286 g/mol. The minimum Gasteiger partial charge on any atom is -0.478 e. The van der Waals surface area contributed by atoms with Gasteiger partial charge in [0.15, 0.2) is 5.82 Å². The Labute approximate surface area is 114 Å². The lowest BCUT2D eigenvalue weighted by atomic mass is 10.2. The Morgan fingerprint density at radius 3 is 2.50 bits per heavy atom. The monoisotopic (exact) mass is 297 g/mol. The summed E-state index contributed by atoms with van der Waals surface area (Å²) in [5.74, 6) is -0.567. The van der Waals surface area contributed by atoms with E-state index in [2.05, 4.69) is 14.9 Å². The second-order valence-electron chi connectivity index (χ2n) is 3.88. The summed E-state index contributed by atoms with van der Waals surface area (Å²) in [6.07, 6.45) is 0. The zero-order valence-corrected chi connectivity index (χ0v) is 11.2. The van der Waals surface area contributed by atoms with E-state index in [9.17, 15) is 13.2 Å². The van der Waals surface area contributed by atoms with Crippen molar-refractivity contribution in [1.29, 1.82) is 0 Å². The van der Waals surface area contributed by atoms with Crippen molar-refractivity contribution < 1.29 is 22.8 Å². The summed E-state index contributed by atoms with van der Waals surface area (Å²) < 4.78 is 30.9. The normalized spacial score (nSPS) is 11.4. The van der Waals surface area contributed by atoms with Crippen LogP contribution in [0.1, 0.15) is 22.1 Å². The number of hydrogen-bond donors (Lipinski definition) is 2. The average Bonchev–Trinajstić information content (AvgIpc) is 2.82. The Hall–Kier alpha value is -2.26. The van der Waals surface area contributed by atoms with Gasteiger partial charge in [0, 0.05) is 6.92 Å². The van der Waals surface area contributed by atoms with Crippen LogP contribution in [0.25, 0.3) is 0 Å². The number of sulfonamides is 1. The minimum absolute atomic E-state index is 0.0118. The smallest absolute Gasteiger partial charge is 0.335 e. The van der Waals surface area contributed by atoms with Crippen molar-refractivity contribution in [3.05, 3.63) is 41.5 Å². The van der Waals surface area contributed by atoms with Crippen LogP contribution >= 0.6 is 0 Å². The van der Waals surface area contributed by atoms with Crippen LogP contribution in [0.15, 0.2) is 33.7 Å². The van der Waals surface area contributed by atoms with Gasteiger partial charge < -0.3 is 9.63 Å². The van der Waals surface area contributed by atoms with Gasteiger partial charge in [-0.3, -0.25) is 0 Å². The van der Waals surface area contributed by atoms with E-state index in [1.54, 1.807) is 6.92 Å². The number of rotatable bonds is 5. The number of carboxylic acids is 1. The molecule has 2 N–H and O–H groups in total. The summed E-state index contributed by atoms with van der Waals surface area (Å²) in [4.78, 5) is 14.5. The van der Waals surface area contributed by atoms with Crippen molar-refractivity contribution in [2.24, 2.45) is 0 Å². The highest BCUT2D eigenvalue weighted by atomic mass is 32.2. The van der Waals surface area contributed by atoms with E-state index in [0.29, 0.717) is 5.89 Å². The van der Waals surface area contributed by atoms with Crippen LogP contribution in [0.3, 0.4) is 0 Å². The highest BCUT2D eigenvalue weighted by Crippen LogP contribution is 2.11. The molecule has 9 heteroatoms. The van der Waals surface area contributed by atoms with Gasteiger partial charge >= 0.3 is 5.97 Å². The molecule has 0 radical (unpaired) electrons. The first kappa shape index (κ1) is 14.2. The molecule has 2 rings (SSSR count). The first-order valence-corrected chi connectivity index (χ1v) is 6.99. The largest absolute Gasteiger partial charge is 0.478 e. The van der Waals surface area contributed by atoms with Crippen LogP contribution < -0.4 is 4.72 Å². The van der Waals surface area contributed by atoms with Gasteiger partial charge in [0.05, 0.1) is 17.0 Å². The van der Waals surface area contributed by atoms with Crippen molar-refractivity contribution in [2.45, 2.75) is 18.4 Å². The first-order valence-electron chi connectivity index (χ1n) is 5.51. The lowest BCUT2D eigenvalue weighted by Crippen LogP contribution is -2.23. The van der Waals surface area contributed by atoms with Gasteiger partial charge in [-0.1, -0.05) is 5.16 Å². The molecule has 0 saturated carbocycles. The van der Waals surface area contributed by atoms with E-state index < -0.39 is 16.0 Å². The van der Waals surface area contributed by atoms with Gasteiger partial charge in [0.1, 0.15) is 0 Å². The third-order valence-electron chi connectivity index (χ3n) is 2.40. The van der Waals surface area contributed by atoms with Crippen molar-refractivity contribution in [1.82, 2.24) is 14.9 Å². The molecule has 0 aliphatic carbocycles. The fraction of sp³-hybridized carbons (Fsp3) is 0.182. The van der Waals surface area contributed by atoms with Gasteiger partial charge in [-0.2, -0.15) is 4.98 Å². The molecule has 1 heterocycles. The molecular formula is C11H11N3O5S. The van der Waals surface area contributed by atoms with E-state index >= 15 is 0 Å². The maximum atomic E-state index is 11.9.